The van der Waals surface area contributed by atoms with Crippen molar-refractivity contribution in [2.24, 2.45) is 0 Å². The fraction of sp³-hybridized carbons (Fsp3) is 0.333. The number of amides is 2. The molecule has 27 heavy (non-hydrogen) atoms. The highest BCUT2D eigenvalue weighted by molar-refractivity contribution is 6.05. The van der Waals surface area contributed by atoms with E-state index >= 15 is 0 Å². The minimum Gasteiger partial charge on any atom is -0.486 e. The van der Waals surface area contributed by atoms with Crippen LogP contribution in [0.25, 0.3) is 0 Å². The number of fused-ring (bicyclic) bond motifs is 1. The Labute approximate surface area is 157 Å². The lowest BCUT2D eigenvalue weighted by molar-refractivity contribution is 0.0936. The van der Waals surface area contributed by atoms with E-state index < -0.39 is 0 Å². The molecule has 0 radical (unpaired) electrons. The summed E-state index contributed by atoms with van der Waals surface area (Å²) in [7, 11) is 0. The van der Waals surface area contributed by atoms with Gasteiger partial charge in [-0.1, -0.05) is 12.8 Å². The molecule has 2 amide bonds. The van der Waals surface area contributed by atoms with Gasteiger partial charge in [-0.25, -0.2) is 0 Å². The van der Waals surface area contributed by atoms with Crippen LogP contribution in [-0.2, 0) is 0 Å². The van der Waals surface area contributed by atoms with Gasteiger partial charge in [0.05, 0.1) is 0 Å². The normalized spacial score (nSPS) is 16.0. The predicted octanol–water partition coefficient (Wildman–Crippen LogP) is 3.38. The van der Waals surface area contributed by atoms with Gasteiger partial charge in [-0.3, -0.25) is 9.59 Å². The molecule has 1 saturated carbocycles. The summed E-state index contributed by atoms with van der Waals surface area (Å²) in [5.74, 6) is 0.977. The van der Waals surface area contributed by atoms with Crippen molar-refractivity contribution in [3.05, 3.63) is 53.6 Å². The van der Waals surface area contributed by atoms with E-state index in [0.29, 0.717) is 41.5 Å². The van der Waals surface area contributed by atoms with E-state index in [0.717, 1.165) is 12.8 Å². The zero-order valence-electron chi connectivity index (χ0n) is 15.0. The van der Waals surface area contributed by atoms with E-state index in [4.69, 9.17) is 9.47 Å². The molecule has 2 aliphatic rings. The molecule has 0 unspecified atom stereocenters. The maximum atomic E-state index is 12.5. The Kier molecular flexibility index (Phi) is 4.96. The maximum absolute atomic E-state index is 12.5. The van der Waals surface area contributed by atoms with Crippen LogP contribution in [0.15, 0.2) is 42.5 Å². The van der Waals surface area contributed by atoms with Crippen molar-refractivity contribution in [2.45, 2.75) is 31.7 Å². The Morgan fingerprint density at radius 1 is 0.815 bits per heavy atom. The molecule has 1 heterocycles. The van der Waals surface area contributed by atoms with Gasteiger partial charge in [0.15, 0.2) is 11.5 Å². The molecule has 0 saturated heterocycles. The summed E-state index contributed by atoms with van der Waals surface area (Å²) in [6, 6.07) is 12.3. The van der Waals surface area contributed by atoms with Crippen molar-refractivity contribution in [2.75, 3.05) is 18.5 Å². The minimum absolute atomic E-state index is 0.0827. The summed E-state index contributed by atoms with van der Waals surface area (Å²) in [5.41, 5.74) is 1.69. The zero-order valence-corrected chi connectivity index (χ0v) is 15.0. The van der Waals surface area contributed by atoms with Crippen molar-refractivity contribution < 1.29 is 19.1 Å². The number of benzene rings is 2. The van der Waals surface area contributed by atoms with Gasteiger partial charge in [-0.15, -0.1) is 0 Å². The highest BCUT2D eigenvalue weighted by atomic mass is 16.6. The van der Waals surface area contributed by atoms with Gasteiger partial charge in [0.1, 0.15) is 13.2 Å². The van der Waals surface area contributed by atoms with Crippen LogP contribution in [0.3, 0.4) is 0 Å². The van der Waals surface area contributed by atoms with Crippen molar-refractivity contribution in [1.29, 1.82) is 0 Å². The number of hydrogen-bond donors (Lipinski definition) is 2. The predicted molar refractivity (Wildman–Crippen MR) is 102 cm³/mol. The zero-order chi connectivity index (χ0) is 18.6. The fourth-order valence-electron chi connectivity index (χ4n) is 3.44. The lowest BCUT2D eigenvalue weighted by atomic mass is 10.1. The highest BCUT2D eigenvalue weighted by Gasteiger charge is 2.18. The van der Waals surface area contributed by atoms with E-state index in [1.54, 1.807) is 42.5 Å². The lowest BCUT2D eigenvalue weighted by Gasteiger charge is -2.19. The van der Waals surface area contributed by atoms with Gasteiger partial charge in [0.2, 0.25) is 0 Å². The van der Waals surface area contributed by atoms with Crippen LogP contribution >= 0.6 is 0 Å². The van der Waals surface area contributed by atoms with E-state index in [-0.39, 0.29) is 17.9 Å². The average Bonchev–Trinajstić information content (AvgIpc) is 3.21. The van der Waals surface area contributed by atoms with Crippen LogP contribution in [0.1, 0.15) is 46.4 Å². The number of anilines is 1. The Bertz CT molecular complexity index is 842. The van der Waals surface area contributed by atoms with E-state index in [9.17, 15) is 9.59 Å². The number of carbonyl (C=O) groups excluding carboxylic acids is 2. The van der Waals surface area contributed by atoms with Crippen molar-refractivity contribution in [1.82, 2.24) is 5.32 Å². The second-order valence-corrected chi connectivity index (χ2v) is 6.84. The Morgan fingerprint density at radius 2 is 1.44 bits per heavy atom. The average molecular weight is 366 g/mol. The van der Waals surface area contributed by atoms with Gasteiger partial charge < -0.3 is 20.1 Å². The molecule has 0 spiro atoms. The summed E-state index contributed by atoms with van der Waals surface area (Å²) in [5, 5.41) is 5.89. The molecular weight excluding hydrogens is 344 g/mol. The molecule has 2 aromatic rings. The van der Waals surface area contributed by atoms with Crippen LogP contribution < -0.4 is 20.1 Å². The van der Waals surface area contributed by atoms with Crippen molar-refractivity contribution in [3.8, 4) is 11.5 Å². The third kappa shape index (κ3) is 4.05. The molecule has 2 N–H and O–H groups in total. The molecule has 1 aliphatic carbocycles. The quantitative estimate of drug-likeness (QED) is 0.870. The molecule has 6 heteroatoms. The second kappa shape index (κ2) is 7.70. The monoisotopic (exact) mass is 366 g/mol. The molecule has 1 fully saturated rings. The SMILES string of the molecule is O=C(Nc1ccc2c(c1)OCCO2)c1ccc(C(=O)NC2CCCC2)cc1. The van der Waals surface area contributed by atoms with Crippen molar-refractivity contribution >= 4 is 17.5 Å². The maximum Gasteiger partial charge on any atom is 0.255 e. The molecule has 0 aromatic heterocycles. The first-order chi connectivity index (χ1) is 13.2. The van der Waals surface area contributed by atoms with Crippen molar-refractivity contribution in [3.63, 3.8) is 0 Å². The Balaban J connectivity index is 1.39. The van der Waals surface area contributed by atoms with E-state index in [1.807, 2.05) is 0 Å². The summed E-state index contributed by atoms with van der Waals surface area (Å²) in [6.45, 7) is 1.02. The number of rotatable bonds is 4. The van der Waals surface area contributed by atoms with Crippen LogP contribution in [0.5, 0.6) is 11.5 Å². The molecule has 2 aromatic carbocycles. The smallest absolute Gasteiger partial charge is 0.255 e. The summed E-state index contributed by atoms with van der Waals surface area (Å²) in [6.07, 6.45) is 4.43. The van der Waals surface area contributed by atoms with Gasteiger partial charge in [0, 0.05) is 28.9 Å². The Morgan fingerprint density at radius 3 is 2.15 bits per heavy atom. The third-order valence-corrected chi connectivity index (χ3v) is 4.90. The van der Waals surface area contributed by atoms with Gasteiger partial charge in [0.25, 0.3) is 11.8 Å². The number of carbonyl (C=O) groups is 2. The summed E-state index contributed by atoms with van der Waals surface area (Å²) in [4.78, 5) is 24.7. The van der Waals surface area contributed by atoms with Gasteiger partial charge >= 0.3 is 0 Å². The van der Waals surface area contributed by atoms with Crippen LogP contribution in [0.4, 0.5) is 5.69 Å². The first-order valence-electron chi connectivity index (χ1n) is 9.31. The first kappa shape index (κ1) is 17.4. The van der Waals surface area contributed by atoms with E-state index in [2.05, 4.69) is 10.6 Å². The third-order valence-electron chi connectivity index (χ3n) is 4.90. The highest BCUT2D eigenvalue weighted by Crippen LogP contribution is 2.32. The van der Waals surface area contributed by atoms with E-state index in [1.165, 1.54) is 12.8 Å². The van der Waals surface area contributed by atoms with Gasteiger partial charge in [-0.05, 0) is 49.2 Å². The topological polar surface area (TPSA) is 76.7 Å². The van der Waals surface area contributed by atoms with Crippen LogP contribution in [0, 0.1) is 0 Å². The minimum atomic E-state index is -0.241. The molecule has 0 bridgehead atoms. The number of ether oxygens (including phenoxy) is 2. The number of hydrogen-bond acceptors (Lipinski definition) is 4. The van der Waals surface area contributed by atoms with Gasteiger partial charge in [-0.2, -0.15) is 0 Å². The lowest BCUT2D eigenvalue weighted by Crippen LogP contribution is -2.32. The summed E-state index contributed by atoms with van der Waals surface area (Å²) >= 11 is 0. The number of nitrogens with one attached hydrogen (secondary N) is 2. The van der Waals surface area contributed by atoms with Crippen LogP contribution in [-0.4, -0.2) is 31.1 Å². The first-order valence-corrected chi connectivity index (χ1v) is 9.31. The molecule has 6 nitrogen and oxygen atoms in total. The molecule has 140 valence electrons. The van der Waals surface area contributed by atoms with Crippen LogP contribution in [0.2, 0.25) is 0 Å². The summed E-state index contributed by atoms with van der Waals surface area (Å²) < 4.78 is 11.0. The molecular formula is C21H22N2O4. The molecule has 1 aliphatic heterocycles. The largest absolute Gasteiger partial charge is 0.486 e. The molecule has 0 atom stereocenters. The second-order valence-electron chi connectivity index (χ2n) is 6.84. The standard InChI is InChI=1S/C21H22N2O4/c24-20(22-16-3-1-2-4-16)14-5-7-15(8-6-14)21(25)23-17-9-10-18-19(13-17)27-12-11-26-18/h5-10,13,16H,1-4,11-12H2,(H,22,24)(H,23,25). The fourth-order valence-corrected chi connectivity index (χ4v) is 3.44. The molecule has 4 rings (SSSR count). The Hall–Kier alpha value is -3.02.